The maximum Gasteiger partial charge on any atom is 0.376 e. The molecule has 0 spiro atoms. The number of rotatable bonds is 1. The first-order chi connectivity index (χ1) is 4.72. The van der Waals surface area contributed by atoms with Crippen LogP contribution in [0.5, 0.6) is 0 Å². The van der Waals surface area contributed by atoms with Gasteiger partial charge in [-0.2, -0.15) is 0 Å². The molecule has 0 radical (unpaired) electrons. The lowest BCUT2D eigenvalue weighted by molar-refractivity contribution is 0.239. The Morgan fingerprint density at radius 3 is 2.60 bits per heavy atom. The third-order valence-electron chi connectivity index (χ3n) is 2.33. The molecule has 1 saturated heterocycles. The first kappa shape index (κ1) is 8.09. The largest absolute Gasteiger partial charge is 0.437 e. The molecule has 3 heteroatoms. The molecule has 1 atom stereocenters. The zero-order chi connectivity index (χ0) is 7.56. The molecule has 0 aromatic heterocycles. The van der Waals surface area contributed by atoms with E-state index in [1.165, 1.54) is 19.3 Å². The fourth-order valence-corrected chi connectivity index (χ4v) is 1.68. The minimum Gasteiger partial charge on any atom is -0.437 e. The molecule has 0 aromatic carbocycles. The van der Waals surface area contributed by atoms with Gasteiger partial charge in [0, 0.05) is 0 Å². The summed E-state index contributed by atoms with van der Waals surface area (Å²) < 4.78 is 0. The van der Waals surface area contributed by atoms with Crippen molar-refractivity contribution in [2.24, 2.45) is 0 Å². The number of hydrogen-bond donors (Lipinski definition) is 1. The van der Waals surface area contributed by atoms with E-state index in [1.54, 1.807) is 0 Å². The van der Waals surface area contributed by atoms with Crippen LogP contribution in [0, 0.1) is 0 Å². The Hall–Kier alpha value is -0.0151. The molecule has 10 heavy (non-hydrogen) atoms. The molecule has 0 aliphatic carbocycles. The second-order valence-electron chi connectivity index (χ2n) is 3.21. The molecular formula is C7H16BNO. The van der Waals surface area contributed by atoms with Gasteiger partial charge in [0.25, 0.3) is 0 Å². The minimum atomic E-state index is -0.254. The van der Waals surface area contributed by atoms with Crippen molar-refractivity contribution in [2.75, 3.05) is 6.54 Å². The summed E-state index contributed by atoms with van der Waals surface area (Å²) in [4.78, 5) is 2.16. The van der Waals surface area contributed by atoms with Gasteiger partial charge in [-0.25, -0.2) is 0 Å². The number of piperidine rings is 1. The van der Waals surface area contributed by atoms with E-state index in [-0.39, 0.29) is 7.05 Å². The normalized spacial score (nSPS) is 28.5. The second-order valence-corrected chi connectivity index (χ2v) is 3.21. The van der Waals surface area contributed by atoms with Gasteiger partial charge >= 0.3 is 7.05 Å². The molecular weight excluding hydrogens is 125 g/mol. The van der Waals surface area contributed by atoms with E-state index in [0.29, 0.717) is 6.04 Å². The molecule has 1 aliphatic heterocycles. The average Bonchev–Trinajstić information content (AvgIpc) is 1.88. The second kappa shape index (κ2) is 3.40. The molecule has 0 saturated carbocycles. The van der Waals surface area contributed by atoms with Crippen molar-refractivity contribution in [3.63, 3.8) is 0 Å². The molecule has 1 rings (SSSR count). The summed E-state index contributed by atoms with van der Waals surface area (Å²) in [6.07, 6.45) is 3.81. The predicted octanol–water partition coefficient (Wildman–Crippen LogP) is 0.971. The average molecular weight is 141 g/mol. The lowest BCUT2D eigenvalue weighted by atomic mass is 9.80. The van der Waals surface area contributed by atoms with E-state index < -0.39 is 0 Å². The van der Waals surface area contributed by atoms with E-state index in [2.05, 4.69) is 11.7 Å². The van der Waals surface area contributed by atoms with Crippen molar-refractivity contribution in [3.8, 4) is 0 Å². The van der Waals surface area contributed by atoms with Crippen LogP contribution in [0.3, 0.4) is 0 Å². The van der Waals surface area contributed by atoms with E-state index in [0.717, 1.165) is 6.54 Å². The third kappa shape index (κ3) is 1.73. The van der Waals surface area contributed by atoms with Gasteiger partial charge in [-0.15, -0.1) is 0 Å². The van der Waals surface area contributed by atoms with Crippen LogP contribution in [-0.4, -0.2) is 29.5 Å². The van der Waals surface area contributed by atoms with E-state index >= 15 is 0 Å². The zero-order valence-electron chi connectivity index (χ0n) is 6.88. The van der Waals surface area contributed by atoms with Crippen molar-refractivity contribution >= 4 is 7.05 Å². The fourth-order valence-electron chi connectivity index (χ4n) is 1.68. The van der Waals surface area contributed by atoms with Gasteiger partial charge < -0.3 is 9.83 Å². The summed E-state index contributed by atoms with van der Waals surface area (Å²) in [7, 11) is -0.254. The van der Waals surface area contributed by atoms with Crippen LogP contribution in [-0.2, 0) is 0 Å². The summed E-state index contributed by atoms with van der Waals surface area (Å²) in [5.41, 5.74) is 0. The molecule has 2 nitrogen and oxygen atoms in total. The molecule has 1 fully saturated rings. The van der Waals surface area contributed by atoms with Crippen molar-refractivity contribution < 1.29 is 5.02 Å². The molecule has 0 bridgehead atoms. The van der Waals surface area contributed by atoms with Crippen molar-refractivity contribution in [1.82, 2.24) is 4.81 Å². The van der Waals surface area contributed by atoms with Crippen LogP contribution < -0.4 is 0 Å². The summed E-state index contributed by atoms with van der Waals surface area (Å²) in [5, 5.41) is 9.27. The van der Waals surface area contributed by atoms with Crippen molar-refractivity contribution in [3.05, 3.63) is 0 Å². The van der Waals surface area contributed by atoms with Gasteiger partial charge in [-0.3, -0.25) is 0 Å². The Morgan fingerprint density at radius 2 is 2.20 bits per heavy atom. The molecule has 0 amide bonds. The predicted molar refractivity (Wildman–Crippen MR) is 43.9 cm³/mol. The Balaban J connectivity index is 2.40. The van der Waals surface area contributed by atoms with Gasteiger partial charge in [0.2, 0.25) is 0 Å². The highest BCUT2D eigenvalue weighted by Gasteiger charge is 2.23. The number of hydrogen-bond acceptors (Lipinski definition) is 2. The third-order valence-corrected chi connectivity index (χ3v) is 2.33. The first-order valence-corrected chi connectivity index (χ1v) is 4.15. The summed E-state index contributed by atoms with van der Waals surface area (Å²) >= 11 is 0. The molecule has 1 aliphatic rings. The highest BCUT2D eigenvalue weighted by Crippen LogP contribution is 2.16. The van der Waals surface area contributed by atoms with Gasteiger partial charge in [0.1, 0.15) is 0 Å². The Kier molecular flexibility index (Phi) is 2.75. The SMILES string of the molecule is CB(O)N1CCCCC1C. The standard InChI is InChI=1S/C7H16BNO/c1-7-5-3-4-6-9(7)8(2)10/h7,10H,3-6H2,1-2H3. The minimum absolute atomic E-state index is 0.254. The molecule has 1 unspecified atom stereocenters. The summed E-state index contributed by atoms with van der Waals surface area (Å²) in [6.45, 7) is 5.10. The zero-order valence-corrected chi connectivity index (χ0v) is 6.88. The summed E-state index contributed by atoms with van der Waals surface area (Å²) in [6, 6.07) is 0.578. The van der Waals surface area contributed by atoms with Gasteiger partial charge in [-0.05, 0) is 32.3 Å². The van der Waals surface area contributed by atoms with Gasteiger partial charge in [-0.1, -0.05) is 13.3 Å². The highest BCUT2D eigenvalue weighted by molar-refractivity contribution is 6.45. The van der Waals surface area contributed by atoms with Gasteiger partial charge in [0.05, 0.1) is 0 Å². The van der Waals surface area contributed by atoms with Gasteiger partial charge in [0.15, 0.2) is 0 Å². The van der Waals surface area contributed by atoms with E-state index in [1.807, 2.05) is 6.82 Å². The van der Waals surface area contributed by atoms with Crippen LogP contribution in [0.15, 0.2) is 0 Å². The smallest absolute Gasteiger partial charge is 0.376 e. The molecule has 1 heterocycles. The van der Waals surface area contributed by atoms with Crippen molar-refractivity contribution in [2.45, 2.75) is 39.1 Å². The topological polar surface area (TPSA) is 23.5 Å². The van der Waals surface area contributed by atoms with Crippen LogP contribution in [0.2, 0.25) is 6.82 Å². The number of nitrogens with zero attached hydrogens (tertiary/aromatic N) is 1. The fraction of sp³-hybridized carbons (Fsp3) is 1.00. The molecule has 58 valence electrons. The molecule has 0 aromatic rings. The summed E-state index contributed by atoms with van der Waals surface area (Å²) in [5.74, 6) is 0. The van der Waals surface area contributed by atoms with Crippen LogP contribution in [0.1, 0.15) is 26.2 Å². The maximum absolute atomic E-state index is 9.27. The maximum atomic E-state index is 9.27. The van der Waals surface area contributed by atoms with Crippen LogP contribution >= 0.6 is 0 Å². The van der Waals surface area contributed by atoms with Crippen molar-refractivity contribution in [1.29, 1.82) is 0 Å². The van der Waals surface area contributed by atoms with E-state index in [4.69, 9.17) is 0 Å². The van der Waals surface area contributed by atoms with E-state index in [9.17, 15) is 5.02 Å². The highest BCUT2D eigenvalue weighted by atomic mass is 16.2. The quantitative estimate of drug-likeness (QED) is 0.550. The lowest BCUT2D eigenvalue weighted by Crippen LogP contribution is -2.46. The Morgan fingerprint density at radius 1 is 1.50 bits per heavy atom. The van der Waals surface area contributed by atoms with Crippen LogP contribution in [0.4, 0.5) is 0 Å². The van der Waals surface area contributed by atoms with Crippen LogP contribution in [0.25, 0.3) is 0 Å². The molecule has 1 N–H and O–H groups in total. The Bertz CT molecular complexity index is 108. The first-order valence-electron chi connectivity index (χ1n) is 4.15. The Labute approximate surface area is 63.4 Å². The lowest BCUT2D eigenvalue weighted by Gasteiger charge is -2.33. The monoisotopic (exact) mass is 141 g/mol.